The summed E-state index contributed by atoms with van der Waals surface area (Å²) in [6.07, 6.45) is 8.97. The highest BCUT2D eigenvalue weighted by Gasteiger charge is 2.23. The molecule has 0 aliphatic carbocycles. The first kappa shape index (κ1) is 30.2. The van der Waals surface area contributed by atoms with Gasteiger partial charge in [-0.2, -0.15) is 0 Å². The first-order valence-corrected chi connectivity index (χ1v) is 15.1. The van der Waals surface area contributed by atoms with Gasteiger partial charge in [-0.3, -0.25) is 9.10 Å². The number of nitrogens with one attached hydrogen (secondary N) is 1. The lowest BCUT2D eigenvalue weighted by Gasteiger charge is -2.23. The van der Waals surface area contributed by atoms with E-state index >= 15 is 0 Å². The zero-order valence-electron chi connectivity index (χ0n) is 22.0. The van der Waals surface area contributed by atoms with E-state index in [2.05, 4.69) is 29.3 Å². The third kappa shape index (κ3) is 9.10. The van der Waals surface area contributed by atoms with Gasteiger partial charge in [0.25, 0.3) is 5.91 Å². The van der Waals surface area contributed by atoms with Gasteiger partial charge in [-0.1, -0.05) is 32.6 Å². The van der Waals surface area contributed by atoms with Crippen molar-refractivity contribution in [3.05, 3.63) is 48.0 Å². The number of aliphatic hydroxyl groups is 1. The summed E-state index contributed by atoms with van der Waals surface area (Å²) in [5, 5.41) is 10.0. The molecule has 9 heteroatoms. The molecule has 1 saturated heterocycles. The van der Waals surface area contributed by atoms with Crippen molar-refractivity contribution in [2.24, 2.45) is 5.73 Å². The van der Waals surface area contributed by atoms with E-state index in [1.807, 2.05) is 42.1 Å². The Balaban J connectivity index is 0.00000222. The second kappa shape index (κ2) is 15.9. The molecule has 36 heavy (non-hydrogen) atoms. The van der Waals surface area contributed by atoms with Crippen molar-refractivity contribution in [2.45, 2.75) is 56.4 Å². The Morgan fingerprint density at radius 2 is 1.86 bits per heavy atom. The van der Waals surface area contributed by atoms with Crippen LogP contribution in [0, 0.1) is 0 Å². The molecule has 3 rings (SSSR count). The van der Waals surface area contributed by atoms with Gasteiger partial charge in [-0.25, -0.2) is 4.21 Å². The molecule has 1 fully saturated rings. The molecule has 0 aromatic heterocycles. The number of unbranched alkanes of at least 4 members (excludes halogenated alkanes) is 4. The van der Waals surface area contributed by atoms with Crippen molar-refractivity contribution in [2.75, 3.05) is 53.8 Å². The standard InChI is InChI=1S/C26H38N4O2S2.CH4O/c1-4-5-6-7-8-17-33-23-12-9-21(10-13-23)28-26(31)24-18-22(30-16-15-20(27)19-30)11-14-25(24)29(2)34(3)32;1-2/h9-14,18,20H,4-8,15-17,19,27H2,1-3H3,(H,28,31);2H,1H3. The third-order valence-electron chi connectivity index (χ3n) is 6.17. The first-order chi connectivity index (χ1) is 17.4. The highest BCUT2D eigenvalue weighted by Crippen LogP contribution is 2.29. The van der Waals surface area contributed by atoms with Gasteiger partial charge in [0.15, 0.2) is 0 Å². The minimum Gasteiger partial charge on any atom is -0.400 e. The van der Waals surface area contributed by atoms with Gasteiger partial charge < -0.3 is 21.1 Å². The molecule has 2 atom stereocenters. The molecule has 0 radical (unpaired) electrons. The molecule has 7 nitrogen and oxygen atoms in total. The summed E-state index contributed by atoms with van der Waals surface area (Å²) in [4.78, 5) is 16.7. The Morgan fingerprint density at radius 1 is 1.17 bits per heavy atom. The number of amides is 1. The van der Waals surface area contributed by atoms with Crippen molar-refractivity contribution >= 4 is 45.7 Å². The average Bonchev–Trinajstić information content (AvgIpc) is 3.33. The van der Waals surface area contributed by atoms with Gasteiger partial charge in [-0.15, -0.1) is 11.8 Å². The molecular weight excluding hydrogens is 492 g/mol. The second-order valence-corrected chi connectivity index (χ2v) is 11.4. The summed E-state index contributed by atoms with van der Waals surface area (Å²) < 4.78 is 13.8. The maximum atomic E-state index is 13.3. The number of nitrogens with two attached hydrogens (primary N) is 1. The van der Waals surface area contributed by atoms with Gasteiger partial charge in [-0.05, 0) is 61.1 Å². The minimum absolute atomic E-state index is 0.149. The van der Waals surface area contributed by atoms with Crippen molar-refractivity contribution < 1.29 is 14.1 Å². The summed E-state index contributed by atoms with van der Waals surface area (Å²) in [6, 6.07) is 13.9. The fourth-order valence-electron chi connectivity index (χ4n) is 4.07. The smallest absolute Gasteiger partial charge is 0.257 e. The van der Waals surface area contributed by atoms with E-state index in [4.69, 9.17) is 10.8 Å². The maximum Gasteiger partial charge on any atom is 0.257 e. The molecule has 200 valence electrons. The molecule has 1 heterocycles. The number of nitrogens with zero attached hydrogens (tertiary/aromatic N) is 2. The summed E-state index contributed by atoms with van der Waals surface area (Å²) in [5.74, 6) is 0.903. The summed E-state index contributed by atoms with van der Waals surface area (Å²) in [5.41, 5.74) is 8.93. The molecule has 0 bridgehead atoms. The number of hydrogen-bond acceptors (Lipinski definition) is 6. The summed E-state index contributed by atoms with van der Waals surface area (Å²) >= 11 is 1.86. The summed E-state index contributed by atoms with van der Waals surface area (Å²) in [6.45, 7) is 3.88. The topological polar surface area (TPSA) is 98.9 Å². The number of hydrogen-bond donors (Lipinski definition) is 3. The van der Waals surface area contributed by atoms with Crippen LogP contribution in [0.3, 0.4) is 0 Å². The molecular formula is C27H42N4O3S2. The largest absolute Gasteiger partial charge is 0.400 e. The summed E-state index contributed by atoms with van der Waals surface area (Å²) in [7, 11) is 1.50. The lowest BCUT2D eigenvalue weighted by Crippen LogP contribution is -2.27. The van der Waals surface area contributed by atoms with E-state index in [9.17, 15) is 9.00 Å². The SMILES string of the molecule is CCCCCCCSc1ccc(NC(=O)c2cc(N3CCC(N)C3)ccc2N(C)S(C)=O)cc1.CO. The van der Waals surface area contributed by atoms with Crippen molar-refractivity contribution in [1.82, 2.24) is 0 Å². The third-order valence-corrected chi connectivity index (χ3v) is 8.23. The Labute approximate surface area is 223 Å². The van der Waals surface area contributed by atoms with Crippen LogP contribution < -0.4 is 20.3 Å². The van der Waals surface area contributed by atoms with Gasteiger partial charge in [0.2, 0.25) is 0 Å². The van der Waals surface area contributed by atoms with Crippen LogP contribution >= 0.6 is 11.8 Å². The average molecular weight is 535 g/mol. The Hall–Kier alpha value is -2.07. The number of rotatable bonds is 12. The maximum absolute atomic E-state index is 13.3. The van der Waals surface area contributed by atoms with E-state index in [1.165, 1.54) is 37.0 Å². The van der Waals surface area contributed by atoms with Gasteiger partial charge >= 0.3 is 0 Å². The van der Waals surface area contributed by atoms with Crippen LogP contribution in [0.15, 0.2) is 47.4 Å². The molecule has 1 amide bonds. The second-order valence-electron chi connectivity index (χ2n) is 8.86. The van der Waals surface area contributed by atoms with Crippen LogP contribution in [-0.2, 0) is 11.0 Å². The zero-order valence-corrected chi connectivity index (χ0v) is 23.7. The van der Waals surface area contributed by atoms with Crippen LogP contribution in [-0.4, -0.2) is 60.5 Å². The van der Waals surface area contributed by atoms with Crippen LogP contribution in [0.25, 0.3) is 0 Å². The minimum atomic E-state index is -1.24. The molecule has 2 unspecified atom stereocenters. The van der Waals surface area contributed by atoms with Crippen molar-refractivity contribution in [3.63, 3.8) is 0 Å². The molecule has 0 spiro atoms. The predicted octanol–water partition coefficient (Wildman–Crippen LogP) is 4.88. The van der Waals surface area contributed by atoms with Crippen molar-refractivity contribution in [1.29, 1.82) is 0 Å². The molecule has 0 saturated carbocycles. The quantitative estimate of drug-likeness (QED) is 0.265. The number of benzene rings is 2. The Bertz CT molecular complexity index is 972. The van der Waals surface area contributed by atoms with Crippen LogP contribution in [0.5, 0.6) is 0 Å². The lowest BCUT2D eigenvalue weighted by atomic mass is 10.1. The monoisotopic (exact) mass is 534 g/mol. The van der Waals surface area contributed by atoms with Crippen molar-refractivity contribution in [3.8, 4) is 0 Å². The molecule has 1 aliphatic heterocycles. The number of aliphatic hydroxyl groups excluding tert-OH is 1. The number of thioether (sulfide) groups is 1. The molecule has 1 aliphatic rings. The Morgan fingerprint density at radius 3 is 2.47 bits per heavy atom. The number of carbonyl (C=O) groups excluding carboxylic acids is 1. The highest BCUT2D eigenvalue weighted by molar-refractivity contribution is 7.99. The molecule has 2 aromatic rings. The predicted molar refractivity (Wildman–Crippen MR) is 156 cm³/mol. The van der Waals surface area contributed by atoms with E-state index in [1.54, 1.807) is 17.6 Å². The number of anilines is 3. The number of carbonyl (C=O) groups is 1. The van der Waals surface area contributed by atoms with Crippen LogP contribution in [0.4, 0.5) is 17.1 Å². The van der Waals surface area contributed by atoms with Gasteiger partial charge in [0.05, 0.1) is 11.3 Å². The van der Waals surface area contributed by atoms with E-state index in [0.29, 0.717) is 11.3 Å². The zero-order chi connectivity index (χ0) is 26.5. The molecule has 4 N–H and O–H groups in total. The van der Waals surface area contributed by atoms with Crippen LogP contribution in [0.2, 0.25) is 0 Å². The molecule has 2 aromatic carbocycles. The fourth-order valence-corrected chi connectivity index (χ4v) is 5.41. The fraction of sp³-hybridized carbons (Fsp3) is 0.519. The van der Waals surface area contributed by atoms with E-state index in [-0.39, 0.29) is 11.9 Å². The normalized spacial score (nSPS) is 15.7. The lowest BCUT2D eigenvalue weighted by molar-refractivity contribution is 0.102. The van der Waals surface area contributed by atoms with E-state index < -0.39 is 11.0 Å². The van der Waals surface area contributed by atoms with Crippen LogP contribution in [0.1, 0.15) is 55.8 Å². The van der Waals surface area contributed by atoms with E-state index in [0.717, 1.165) is 43.7 Å². The van der Waals surface area contributed by atoms with Gasteiger partial charge in [0, 0.05) is 55.8 Å². The van der Waals surface area contributed by atoms with Gasteiger partial charge in [0.1, 0.15) is 11.0 Å². The Kier molecular flexibility index (Phi) is 13.3. The first-order valence-electron chi connectivity index (χ1n) is 12.6. The highest BCUT2D eigenvalue weighted by atomic mass is 32.2.